The molecule has 0 saturated carbocycles. The van der Waals surface area contributed by atoms with Crippen LogP contribution in [0.4, 0.5) is 8.78 Å². The number of carbonyl (C=O) groups excluding carboxylic acids is 1. The van der Waals surface area contributed by atoms with Gasteiger partial charge in [0.2, 0.25) is 0 Å². The Morgan fingerprint density at radius 1 is 1.42 bits per heavy atom. The number of nitrogens with zero attached hydrogens (tertiary/aromatic N) is 2. The summed E-state index contributed by atoms with van der Waals surface area (Å²) in [5, 5.41) is 6.35. The van der Waals surface area contributed by atoms with Gasteiger partial charge >= 0.3 is 0 Å². The number of rotatable bonds is 3. The van der Waals surface area contributed by atoms with Crippen molar-refractivity contribution in [2.45, 2.75) is 6.54 Å². The zero-order valence-corrected chi connectivity index (χ0v) is 10.7. The van der Waals surface area contributed by atoms with Crippen molar-refractivity contribution in [3.63, 3.8) is 0 Å². The monoisotopic (exact) mass is 285 g/mol. The minimum Gasteiger partial charge on any atom is -0.348 e. The smallest absolute Gasteiger partial charge is 0.253 e. The van der Waals surface area contributed by atoms with Gasteiger partial charge < -0.3 is 5.32 Å². The SMILES string of the molecule is Cn1cc(CNC(=O)c2cc(F)c(F)cc2Cl)cn1. The van der Waals surface area contributed by atoms with Crippen molar-refractivity contribution >= 4 is 17.5 Å². The molecule has 0 aliphatic rings. The third-order valence-corrected chi connectivity index (χ3v) is 2.78. The highest BCUT2D eigenvalue weighted by Gasteiger charge is 2.14. The number of carbonyl (C=O) groups is 1. The second kappa shape index (κ2) is 5.36. The number of hydrogen-bond acceptors (Lipinski definition) is 2. The van der Waals surface area contributed by atoms with Gasteiger partial charge in [0.25, 0.3) is 5.91 Å². The molecule has 4 nitrogen and oxygen atoms in total. The van der Waals surface area contributed by atoms with Crippen LogP contribution in [0.25, 0.3) is 0 Å². The number of amides is 1. The summed E-state index contributed by atoms with van der Waals surface area (Å²) in [5.41, 5.74) is 0.680. The van der Waals surface area contributed by atoms with Crippen molar-refractivity contribution in [3.8, 4) is 0 Å². The molecule has 0 radical (unpaired) electrons. The lowest BCUT2D eigenvalue weighted by molar-refractivity contribution is 0.0950. The van der Waals surface area contributed by atoms with Gasteiger partial charge in [-0.25, -0.2) is 8.78 Å². The zero-order valence-electron chi connectivity index (χ0n) is 9.95. The maximum Gasteiger partial charge on any atom is 0.253 e. The number of aromatic nitrogens is 2. The molecule has 0 atom stereocenters. The number of halogens is 3. The van der Waals surface area contributed by atoms with E-state index in [0.29, 0.717) is 0 Å². The van der Waals surface area contributed by atoms with E-state index in [1.165, 1.54) is 0 Å². The minimum absolute atomic E-state index is 0.107. The Labute approximate surface area is 113 Å². The van der Waals surface area contributed by atoms with E-state index in [-0.39, 0.29) is 17.1 Å². The standard InChI is InChI=1S/C12H10ClF2N3O/c1-18-6-7(5-17-18)4-16-12(19)8-2-10(14)11(15)3-9(8)13/h2-3,5-6H,4H2,1H3,(H,16,19). The number of aryl methyl sites for hydroxylation is 1. The average molecular weight is 286 g/mol. The molecule has 1 N–H and O–H groups in total. The molecule has 1 aromatic heterocycles. The summed E-state index contributed by atoms with van der Waals surface area (Å²) in [7, 11) is 1.75. The Bertz CT molecular complexity index is 627. The molecule has 2 aromatic rings. The summed E-state index contributed by atoms with van der Waals surface area (Å²) in [4.78, 5) is 11.8. The summed E-state index contributed by atoms with van der Waals surface area (Å²) in [5.74, 6) is -2.78. The van der Waals surface area contributed by atoms with Crippen molar-refractivity contribution in [1.29, 1.82) is 0 Å². The van der Waals surface area contributed by atoms with Gasteiger partial charge in [-0.05, 0) is 12.1 Å². The first-order valence-electron chi connectivity index (χ1n) is 5.37. The fourth-order valence-corrected chi connectivity index (χ4v) is 1.77. The Balaban J connectivity index is 2.10. The molecular formula is C12H10ClF2N3O. The molecular weight excluding hydrogens is 276 g/mol. The van der Waals surface area contributed by atoms with E-state index in [9.17, 15) is 13.6 Å². The number of benzene rings is 1. The number of hydrogen-bond donors (Lipinski definition) is 1. The molecule has 1 amide bonds. The molecule has 100 valence electrons. The van der Waals surface area contributed by atoms with Crippen LogP contribution in [-0.2, 0) is 13.6 Å². The highest BCUT2D eigenvalue weighted by molar-refractivity contribution is 6.33. The van der Waals surface area contributed by atoms with Gasteiger partial charge in [0.15, 0.2) is 11.6 Å². The van der Waals surface area contributed by atoms with Gasteiger partial charge in [0, 0.05) is 25.4 Å². The predicted molar refractivity (Wildman–Crippen MR) is 65.7 cm³/mol. The maximum atomic E-state index is 13.1. The molecule has 0 aliphatic carbocycles. The molecule has 19 heavy (non-hydrogen) atoms. The second-order valence-corrected chi connectivity index (χ2v) is 4.36. The van der Waals surface area contributed by atoms with E-state index in [4.69, 9.17) is 11.6 Å². The van der Waals surface area contributed by atoms with E-state index < -0.39 is 17.5 Å². The molecule has 0 saturated heterocycles. The molecule has 0 spiro atoms. The normalized spacial score (nSPS) is 10.5. The van der Waals surface area contributed by atoms with Gasteiger partial charge in [0.05, 0.1) is 16.8 Å². The van der Waals surface area contributed by atoms with E-state index in [1.807, 2.05) is 0 Å². The van der Waals surface area contributed by atoms with Crippen LogP contribution in [0.2, 0.25) is 5.02 Å². The molecule has 1 aromatic carbocycles. The van der Waals surface area contributed by atoms with Crippen LogP contribution in [0.3, 0.4) is 0 Å². The minimum atomic E-state index is -1.11. The summed E-state index contributed by atoms with van der Waals surface area (Å²) in [6.45, 7) is 0.224. The van der Waals surface area contributed by atoms with E-state index in [0.717, 1.165) is 17.7 Å². The van der Waals surface area contributed by atoms with Gasteiger partial charge in [-0.15, -0.1) is 0 Å². The summed E-state index contributed by atoms with van der Waals surface area (Å²) in [6, 6.07) is 1.55. The molecule has 0 bridgehead atoms. The van der Waals surface area contributed by atoms with Gasteiger partial charge in [-0.3, -0.25) is 9.48 Å². The van der Waals surface area contributed by atoms with Crippen molar-refractivity contribution in [3.05, 3.63) is 52.3 Å². The fourth-order valence-electron chi connectivity index (χ4n) is 1.54. The highest BCUT2D eigenvalue weighted by Crippen LogP contribution is 2.20. The average Bonchev–Trinajstić information content (AvgIpc) is 2.77. The third-order valence-electron chi connectivity index (χ3n) is 2.47. The van der Waals surface area contributed by atoms with Gasteiger partial charge in [-0.1, -0.05) is 11.6 Å². The van der Waals surface area contributed by atoms with Crippen molar-refractivity contribution < 1.29 is 13.6 Å². The quantitative estimate of drug-likeness (QED) is 0.880. The second-order valence-electron chi connectivity index (χ2n) is 3.95. The predicted octanol–water partition coefficient (Wildman–Crippen LogP) is 2.28. The summed E-state index contributed by atoms with van der Waals surface area (Å²) >= 11 is 5.70. The Morgan fingerprint density at radius 2 is 2.11 bits per heavy atom. The van der Waals surface area contributed by atoms with Crippen LogP contribution in [0, 0.1) is 11.6 Å². The van der Waals surface area contributed by atoms with E-state index >= 15 is 0 Å². The molecule has 0 fully saturated rings. The Morgan fingerprint density at radius 3 is 2.74 bits per heavy atom. The first-order chi connectivity index (χ1) is 8.97. The van der Waals surface area contributed by atoms with Crippen LogP contribution >= 0.6 is 11.6 Å². The zero-order chi connectivity index (χ0) is 14.0. The molecule has 1 heterocycles. The van der Waals surface area contributed by atoms with Crippen molar-refractivity contribution in [1.82, 2.24) is 15.1 Å². The highest BCUT2D eigenvalue weighted by atomic mass is 35.5. The molecule has 7 heteroatoms. The van der Waals surface area contributed by atoms with Crippen molar-refractivity contribution in [2.75, 3.05) is 0 Å². The topological polar surface area (TPSA) is 46.9 Å². The largest absolute Gasteiger partial charge is 0.348 e. The van der Waals surface area contributed by atoms with Crippen LogP contribution in [-0.4, -0.2) is 15.7 Å². The van der Waals surface area contributed by atoms with E-state index in [2.05, 4.69) is 10.4 Å². The van der Waals surface area contributed by atoms with Crippen LogP contribution in [0.5, 0.6) is 0 Å². The van der Waals surface area contributed by atoms with Crippen LogP contribution < -0.4 is 5.32 Å². The van der Waals surface area contributed by atoms with Crippen LogP contribution in [0.15, 0.2) is 24.5 Å². The van der Waals surface area contributed by atoms with E-state index in [1.54, 1.807) is 24.1 Å². The molecule has 0 aliphatic heterocycles. The first-order valence-corrected chi connectivity index (χ1v) is 5.75. The molecule has 0 unspecified atom stereocenters. The maximum absolute atomic E-state index is 13.1. The lowest BCUT2D eigenvalue weighted by Gasteiger charge is -2.06. The fraction of sp³-hybridized carbons (Fsp3) is 0.167. The third kappa shape index (κ3) is 3.08. The summed E-state index contributed by atoms with van der Waals surface area (Å²) in [6.07, 6.45) is 3.32. The number of nitrogens with one attached hydrogen (secondary N) is 1. The van der Waals surface area contributed by atoms with Crippen molar-refractivity contribution in [2.24, 2.45) is 7.05 Å². The molecule has 2 rings (SSSR count). The lowest BCUT2D eigenvalue weighted by atomic mass is 10.2. The van der Waals surface area contributed by atoms with Gasteiger partial charge in [0.1, 0.15) is 0 Å². The van der Waals surface area contributed by atoms with Gasteiger partial charge in [-0.2, -0.15) is 5.10 Å². The Hall–Kier alpha value is -1.95. The summed E-state index contributed by atoms with van der Waals surface area (Å²) < 4.78 is 27.5. The lowest BCUT2D eigenvalue weighted by Crippen LogP contribution is -2.23. The van der Waals surface area contributed by atoms with Crippen LogP contribution in [0.1, 0.15) is 15.9 Å². The first kappa shape index (κ1) is 13.5. The Kier molecular flexibility index (Phi) is 3.80.